The fourth-order valence-corrected chi connectivity index (χ4v) is 2.72. The van der Waals surface area contributed by atoms with Gasteiger partial charge in [-0.3, -0.25) is 0 Å². The van der Waals surface area contributed by atoms with Crippen LogP contribution in [0.25, 0.3) is 0 Å². The van der Waals surface area contributed by atoms with Crippen molar-refractivity contribution in [2.24, 2.45) is 0 Å². The van der Waals surface area contributed by atoms with E-state index in [1.807, 2.05) is 37.3 Å². The molecule has 0 saturated heterocycles. The highest BCUT2D eigenvalue weighted by atomic mass is 127. The van der Waals surface area contributed by atoms with E-state index in [4.69, 9.17) is 9.47 Å². The Balaban J connectivity index is 2.46. The van der Waals surface area contributed by atoms with Crippen LogP contribution in [-0.4, -0.2) is 29.7 Å². The van der Waals surface area contributed by atoms with Crippen molar-refractivity contribution in [1.29, 1.82) is 0 Å². The lowest BCUT2D eigenvalue weighted by atomic mass is 10.1. The molecule has 0 aliphatic heterocycles. The molecule has 4 nitrogen and oxygen atoms in total. The van der Waals surface area contributed by atoms with Crippen molar-refractivity contribution >= 4 is 28.6 Å². The zero-order valence-electron chi connectivity index (χ0n) is 14.0. The third kappa shape index (κ3) is 8.37. The number of ether oxygens (including phenoxy) is 3. The van der Waals surface area contributed by atoms with Gasteiger partial charge in [-0.25, -0.2) is 4.79 Å². The molecule has 0 bridgehead atoms. The Morgan fingerprint density at radius 3 is 2.61 bits per heavy atom. The number of alkyl halides is 1. The van der Waals surface area contributed by atoms with Gasteiger partial charge in [0.25, 0.3) is 0 Å². The number of methoxy groups -OCH3 is 1. The van der Waals surface area contributed by atoms with Crippen LogP contribution in [0.4, 0.5) is 0 Å². The largest absolute Gasteiger partial charge is 0.497 e. The Hall–Kier alpha value is -1.08. The molecule has 5 heteroatoms. The highest BCUT2D eigenvalue weighted by Crippen LogP contribution is 2.14. The molecule has 0 N–H and O–H groups in total. The lowest BCUT2D eigenvalue weighted by molar-refractivity contribution is -0.136. The van der Waals surface area contributed by atoms with Gasteiger partial charge >= 0.3 is 5.97 Å². The summed E-state index contributed by atoms with van der Waals surface area (Å²) in [5.74, 6) is -0.369. The molecule has 0 heterocycles. The molecule has 0 aliphatic carbocycles. The second-order valence-electron chi connectivity index (χ2n) is 5.37. The van der Waals surface area contributed by atoms with Crippen molar-refractivity contribution in [1.82, 2.24) is 0 Å². The Kier molecular flexibility index (Phi) is 9.94. The summed E-state index contributed by atoms with van der Waals surface area (Å²) < 4.78 is 17.3. The van der Waals surface area contributed by atoms with Crippen molar-refractivity contribution in [2.75, 3.05) is 11.5 Å². The summed E-state index contributed by atoms with van der Waals surface area (Å²) in [6.45, 7) is 4.32. The molecule has 0 fully saturated rings. The van der Waals surface area contributed by atoms with E-state index in [0.717, 1.165) is 22.8 Å². The van der Waals surface area contributed by atoms with Crippen molar-refractivity contribution < 1.29 is 19.0 Å². The Bertz CT molecular complexity index is 487. The van der Waals surface area contributed by atoms with Crippen LogP contribution in [-0.2, 0) is 25.6 Å². The van der Waals surface area contributed by atoms with Gasteiger partial charge in [0.15, 0.2) is 0 Å². The fourth-order valence-electron chi connectivity index (χ4n) is 2.02. The van der Waals surface area contributed by atoms with Crippen molar-refractivity contribution in [3.8, 4) is 0 Å². The quantitative estimate of drug-likeness (QED) is 0.182. The molecule has 0 radical (unpaired) electrons. The van der Waals surface area contributed by atoms with Crippen LogP contribution in [0.3, 0.4) is 0 Å². The van der Waals surface area contributed by atoms with Crippen LogP contribution in [0.15, 0.2) is 42.2 Å². The maximum Gasteiger partial charge on any atom is 0.336 e. The molecule has 23 heavy (non-hydrogen) atoms. The van der Waals surface area contributed by atoms with Gasteiger partial charge in [-0.2, -0.15) is 0 Å². The van der Waals surface area contributed by atoms with Crippen molar-refractivity contribution in [2.45, 2.75) is 45.5 Å². The molecule has 0 aromatic heterocycles. The van der Waals surface area contributed by atoms with E-state index in [9.17, 15) is 4.79 Å². The topological polar surface area (TPSA) is 44.8 Å². The number of halogens is 1. The lowest BCUT2D eigenvalue weighted by Crippen LogP contribution is -2.20. The number of carbonyl (C=O) groups excluding carboxylic acids is 1. The fraction of sp³-hybridized carbons (Fsp3) is 0.500. The molecule has 1 aromatic carbocycles. The lowest BCUT2D eigenvalue weighted by Gasteiger charge is -2.21. The van der Waals surface area contributed by atoms with E-state index < -0.39 is 0 Å². The number of carbonyl (C=O) groups is 1. The van der Waals surface area contributed by atoms with Crippen LogP contribution in [0.1, 0.15) is 32.3 Å². The first-order valence-corrected chi connectivity index (χ1v) is 9.21. The maximum atomic E-state index is 11.4. The number of hydrogen-bond donors (Lipinski definition) is 0. The number of benzene rings is 1. The zero-order valence-corrected chi connectivity index (χ0v) is 16.1. The minimum atomic E-state index is -0.369. The maximum absolute atomic E-state index is 11.4. The first-order valence-electron chi connectivity index (χ1n) is 7.68. The molecule has 128 valence electrons. The second-order valence-corrected chi connectivity index (χ2v) is 6.45. The summed E-state index contributed by atoms with van der Waals surface area (Å²) >= 11 is 2.32. The molecule has 0 saturated carbocycles. The molecule has 1 rings (SSSR count). The summed E-state index contributed by atoms with van der Waals surface area (Å²) in [6.07, 6.45) is 3.28. The van der Waals surface area contributed by atoms with Crippen LogP contribution in [0.5, 0.6) is 0 Å². The summed E-state index contributed by atoms with van der Waals surface area (Å²) in [7, 11) is 1.36. The van der Waals surface area contributed by atoms with Gasteiger partial charge in [0.05, 0.1) is 31.7 Å². The standard InChI is InChI=1S/C18H25IO4/c1-14(18(20)21-3)12-23-17(9-10-19)11-15(2)22-13-16-7-5-4-6-8-16/h4-8,12,15,17H,9-11,13H2,1-3H3/b14-12+/t15-,17+/m0/s1. The van der Waals surface area contributed by atoms with Gasteiger partial charge in [0.1, 0.15) is 6.10 Å². The van der Waals surface area contributed by atoms with Gasteiger partial charge in [0.2, 0.25) is 0 Å². The number of hydrogen-bond acceptors (Lipinski definition) is 4. The normalized spacial score (nSPS) is 14.2. The monoisotopic (exact) mass is 432 g/mol. The highest BCUT2D eigenvalue weighted by molar-refractivity contribution is 14.1. The van der Waals surface area contributed by atoms with Crippen LogP contribution in [0, 0.1) is 0 Å². The minimum absolute atomic E-state index is 0.0253. The van der Waals surface area contributed by atoms with Gasteiger partial charge in [-0.15, -0.1) is 0 Å². The molecule has 0 amide bonds. The van der Waals surface area contributed by atoms with Crippen molar-refractivity contribution in [3.05, 3.63) is 47.7 Å². The van der Waals surface area contributed by atoms with Gasteiger partial charge in [0, 0.05) is 10.8 Å². The van der Waals surface area contributed by atoms with Crippen LogP contribution < -0.4 is 0 Å². The highest BCUT2D eigenvalue weighted by Gasteiger charge is 2.15. The van der Waals surface area contributed by atoms with E-state index in [0.29, 0.717) is 12.2 Å². The SMILES string of the molecule is COC(=O)/C(C)=C/O[C@H](CCI)C[C@H](C)OCc1ccccc1. The summed E-state index contributed by atoms with van der Waals surface area (Å²) in [4.78, 5) is 11.4. The van der Waals surface area contributed by atoms with E-state index >= 15 is 0 Å². The summed E-state index contributed by atoms with van der Waals surface area (Å²) in [5.41, 5.74) is 1.62. The smallest absolute Gasteiger partial charge is 0.336 e. The third-order valence-corrected chi connectivity index (χ3v) is 3.97. The Morgan fingerprint density at radius 1 is 1.30 bits per heavy atom. The van der Waals surface area contributed by atoms with Gasteiger partial charge in [-0.05, 0) is 25.8 Å². The Labute approximate surface area is 152 Å². The number of rotatable bonds is 10. The first kappa shape index (κ1) is 20.0. The molecule has 0 spiro atoms. The average molecular weight is 432 g/mol. The average Bonchev–Trinajstić information content (AvgIpc) is 2.58. The minimum Gasteiger partial charge on any atom is -0.497 e. The van der Waals surface area contributed by atoms with Gasteiger partial charge < -0.3 is 14.2 Å². The van der Waals surface area contributed by atoms with Crippen LogP contribution in [0.2, 0.25) is 0 Å². The van der Waals surface area contributed by atoms with E-state index in [1.54, 1.807) is 6.92 Å². The molecule has 2 atom stereocenters. The predicted molar refractivity (Wildman–Crippen MR) is 99.5 cm³/mol. The zero-order chi connectivity index (χ0) is 17.1. The first-order chi connectivity index (χ1) is 11.1. The van der Waals surface area contributed by atoms with Gasteiger partial charge in [-0.1, -0.05) is 52.9 Å². The van der Waals surface area contributed by atoms with E-state index in [1.165, 1.54) is 13.4 Å². The molecule has 1 aromatic rings. The van der Waals surface area contributed by atoms with E-state index in [2.05, 4.69) is 27.3 Å². The summed E-state index contributed by atoms with van der Waals surface area (Å²) in [5, 5.41) is 0. The summed E-state index contributed by atoms with van der Waals surface area (Å²) in [6, 6.07) is 10.1. The van der Waals surface area contributed by atoms with Crippen LogP contribution >= 0.6 is 22.6 Å². The van der Waals surface area contributed by atoms with Crippen molar-refractivity contribution in [3.63, 3.8) is 0 Å². The second kappa shape index (κ2) is 11.5. The number of esters is 1. The molecule has 0 unspecified atom stereocenters. The van der Waals surface area contributed by atoms with E-state index in [-0.39, 0.29) is 18.2 Å². The third-order valence-electron chi connectivity index (χ3n) is 3.35. The Morgan fingerprint density at radius 2 is 2.00 bits per heavy atom. The molecular weight excluding hydrogens is 407 g/mol. The molecule has 0 aliphatic rings. The predicted octanol–water partition coefficient (Wildman–Crippen LogP) is 4.27. The molecular formula is C18H25IO4.